The molecule has 5 N–H and O–H groups in total. The van der Waals surface area contributed by atoms with Crippen LogP contribution in [0.5, 0.6) is 0 Å². The van der Waals surface area contributed by atoms with Gasteiger partial charge in [-0.25, -0.2) is 5.01 Å². The molecule has 0 radical (unpaired) electrons. The highest BCUT2D eigenvalue weighted by molar-refractivity contribution is 7.85. The number of rotatable bonds is 9. The Morgan fingerprint density at radius 2 is 1.70 bits per heavy atom. The summed E-state index contributed by atoms with van der Waals surface area (Å²) in [6.07, 6.45) is -4.64. The Morgan fingerprint density at radius 3 is 2.30 bits per heavy atom. The minimum atomic E-state index is -4.41. The van der Waals surface area contributed by atoms with Crippen LogP contribution in [-0.2, 0) is 10.1 Å². The topological polar surface area (TPSA) is 163 Å². The SMILES string of the molecule is Cc1ccc(N(C[C@H](O)[C@H](O)[C@H](O)CO)N=Nc2cccc(S(=O)(=O)O)c2)cc1C. The number of aliphatic hydroxyl groups excluding tert-OH is 4. The number of nitrogens with zero attached hydrogens (tertiary/aromatic N) is 3. The molecule has 30 heavy (non-hydrogen) atoms. The van der Waals surface area contributed by atoms with Gasteiger partial charge in [-0.1, -0.05) is 17.4 Å². The van der Waals surface area contributed by atoms with Crippen molar-refractivity contribution in [1.29, 1.82) is 0 Å². The van der Waals surface area contributed by atoms with Crippen LogP contribution in [0, 0.1) is 13.8 Å². The quantitative estimate of drug-likeness (QED) is 0.220. The van der Waals surface area contributed by atoms with E-state index in [1.165, 1.54) is 23.2 Å². The van der Waals surface area contributed by atoms with E-state index < -0.39 is 35.0 Å². The third-order valence-corrected chi connectivity index (χ3v) is 5.36. The van der Waals surface area contributed by atoms with E-state index in [2.05, 4.69) is 10.3 Å². The first-order valence-electron chi connectivity index (χ1n) is 9.02. The Hall–Kier alpha value is -2.41. The fraction of sp³-hybridized carbons (Fsp3) is 0.368. The summed E-state index contributed by atoms with van der Waals surface area (Å²) in [6, 6.07) is 10.5. The second-order valence-electron chi connectivity index (χ2n) is 6.82. The summed E-state index contributed by atoms with van der Waals surface area (Å²) >= 11 is 0. The zero-order valence-electron chi connectivity index (χ0n) is 16.5. The van der Waals surface area contributed by atoms with Crippen molar-refractivity contribution in [3.8, 4) is 0 Å². The molecule has 164 valence electrons. The van der Waals surface area contributed by atoms with E-state index >= 15 is 0 Å². The van der Waals surface area contributed by atoms with Crippen molar-refractivity contribution in [3.05, 3.63) is 53.6 Å². The van der Waals surface area contributed by atoms with Gasteiger partial charge in [0.15, 0.2) is 0 Å². The van der Waals surface area contributed by atoms with E-state index in [-0.39, 0.29) is 17.1 Å². The first kappa shape index (κ1) is 23.9. The van der Waals surface area contributed by atoms with Gasteiger partial charge in [-0.05, 0) is 55.3 Å². The van der Waals surface area contributed by atoms with Gasteiger partial charge in [0, 0.05) is 0 Å². The minimum absolute atomic E-state index is 0.129. The van der Waals surface area contributed by atoms with Gasteiger partial charge in [-0.2, -0.15) is 8.42 Å². The Kier molecular flexibility index (Phi) is 8.01. The molecule has 0 aromatic heterocycles. The van der Waals surface area contributed by atoms with Crippen molar-refractivity contribution in [2.75, 3.05) is 18.2 Å². The first-order valence-corrected chi connectivity index (χ1v) is 10.5. The van der Waals surface area contributed by atoms with Gasteiger partial charge < -0.3 is 20.4 Å². The summed E-state index contributed by atoms with van der Waals surface area (Å²) in [5.41, 5.74) is 2.61. The van der Waals surface area contributed by atoms with Crippen LogP contribution in [0.2, 0.25) is 0 Å². The molecule has 2 aromatic rings. The van der Waals surface area contributed by atoms with Crippen molar-refractivity contribution >= 4 is 21.5 Å². The van der Waals surface area contributed by atoms with Crippen molar-refractivity contribution in [3.63, 3.8) is 0 Å². The highest BCUT2D eigenvalue weighted by Gasteiger charge is 2.26. The number of aryl methyl sites for hydroxylation is 2. The summed E-state index contributed by atoms with van der Waals surface area (Å²) in [6.45, 7) is 2.79. The molecule has 2 rings (SSSR count). The van der Waals surface area contributed by atoms with Crippen LogP contribution in [0.4, 0.5) is 11.4 Å². The van der Waals surface area contributed by atoms with Crippen LogP contribution in [0.3, 0.4) is 0 Å². The summed E-state index contributed by atoms with van der Waals surface area (Å²) in [5.74, 6) is 0. The van der Waals surface area contributed by atoms with E-state index in [0.717, 1.165) is 17.2 Å². The fourth-order valence-corrected chi connectivity index (χ4v) is 3.06. The highest BCUT2D eigenvalue weighted by atomic mass is 32.2. The Labute approximate surface area is 174 Å². The van der Waals surface area contributed by atoms with E-state index in [4.69, 9.17) is 9.66 Å². The standard InChI is InChI=1S/C19H25N3O7S/c1-12-6-7-15(8-13(12)2)22(10-17(24)19(26)18(25)11-23)21-20-14-4-3-5-16(9-14)30(27,28)29/h3-9,17-19,23-26H,10-11H2,1-2H3,(H,27,28,29)/t17-,18+,19-/m0/s1. The molecule has 3 atom stereocenters. The Morgan fingerprint density at radius 1 is 1.00 bits per heavy atom. The van der Waals surface area contributed by atoms with Gasteiger partial charge in [0.25, 0.3) is 10.1 Å². The zero-order chi connectivity index (χ0) is 22.5. The average Bonchev–Trinajstić information content (AvgIpc) is 2.71. The van der Waals surface area contributed by atoms with Crippen LogP contribution < -0.4 is 5.01 Å². The van der Waals surface area contributed by atoms with E-state index in [0.29, 0.717) is 5.69 Å². The van der Waals surface area contributed by atoms with Crippen LogP contribution >= 0.6 is 0 Å². The van der Waals surface area contributed by atoms with Crippen LogP contribution in [-0.4, -0.2) is 64.9 Å². The van der Waals surface area contributed by atoms with Gasteiger partial charge >= 0.3 is 0 Å². The number of aliphatic hydroxyl groups is 4. The molecule has 0 fully saturated rings. The minimum Gasteiger partial charge on any atom is -0.394 e. The summed E-state index contributed by atoms with van der Waals surface area (Å²) in [7, 11) is -4.41. The van der Waals surface area contributed by atoms with Crippen LogP contribution in [0.1, 0.15) is 11.1 Å². The predicted molar refractivity (Wildman–Crippen MR) is 109 cm³/mol. The third-order valence-electron chi connectivity index (χ3n) is 4.51. The van der Waals surface area contributed by atoms with Crippen LogP contribution in [0.25, 0.3) is 0 Å². The molecule has 0 saturated carbocycles. The third kappa shape index (κ3) is 6.29. The molecule has 0 amide bonds. The molecule has 0 aliphatic rings. The largest absolute Gasteiger partial charge is 0.394 e. The summed E-state index contributed by atoms with van der Waals surface area (Å²) in [4.78, 5) is -0.349. The lowest BCUT2D eigenvalue weighted by molar-refractivity contribution is -0.0732. The molecule has 11 heteroatoms. The van der Waals surface area contributed by atoms with Crippen molar-refractivity contribution < 1.29 is 33.4 Å². The number of hydrogen-bond acceptors (Lipinski definition) is 8. The van der Waals surface area contributed by atoms with E-state index in [1.54, 1.807) is 12.1 Å². The van der Waals surface area contributed by atoms with Crippen molar-refractivity contribution in [2.24, 2.45) is 10.3 Å². The lowest BCUT2D eigenvalue weighted by atomic mass is 10.1. The molecule has 0 spiro atoms. The second kappa shape index (κ2) is 10.1. The lowest BCUT2D eigenvalue weighted by Crippen LogP contribution is -2.44. The van der Waals surface area contributed by atoms with Gasteiger partial charge in [0.1, 0.15) is 18.3 Å². The molecule has 0 saturated heterocycles. The Balaban J connectivity index is 2.36. The van der Waals surface area contributed by atoms with Crippen molar-refractivity contribution in [1.82, 2.24) is 0 Å². The first-order chi connectivity index (χ1) is 14.0. The summed E-state index contributed by atoms with van der Waals surface area (Å²) < 4.78 is 31.8. The molecule has 0 aliphatic heterocycles. The number of hydrogen-bond donors (Lipinski definition) is 5. The maximum absolute atomic E-state index is 11.3. The van der Waals surface area contributed by atoms with Gasteiger partial charge in [0.2, 0.25) is 0 Å². The molecular weight excluding hydrogens is 414 g/mol. The monoisotopic (exact) mass is 439 g/mol. The lowest BCUT2D eigenvalue weighted by Gasteiger charge is -2.26. The second-order valence-corrected chi connectivity index (χ2v) is 8.24. The fourth-order valence-electron chi connectivity index (χ4n) is 2.54. The Bertz CT molecular complexity index is 997. The zero-order valence-corrected chi connectivity index (χ0v) is 17.3. The van der Waals surface area contributed by atoms with Gasteiger partial charge in [-0.3, -0.25) is 4.55 Å². The van der Waals surface area contributed by atoms with Crippen LogP contribution in [0.15, 0.2) is 57.7 Å². The summed E-state index contributed by atoms with van der Waals surface area (Å²) in [5, 5.41) is 48.0. The average molecular weight is 439 g/mol. The molecule has 0 heterocycles. The van der Waals surface area contributed by atoms with Crippen molar-refractivity contribution in [2.45, 2.75) is 37.1 Å². The predicted octanol–water partition coefficient (Wildman–Crippen LogP) is 1.13. The maximum Gasteiger partial charge on any atom is 0.294 e. The van der Waals surface area contributed by atoms with Gasteiger partial charge in [0.05, 0.1) is 29.4 Å². The van der Waals surface area contributed by atoms with Gasteiger partial charge in [-0.15, -0.1) is 5.11 Å². The maximum atomic E-state index is 11.3. The number of anilines is 1. The smallest absolute Gasteiger partial charge is 0.294 e. The highest BCUT2D eigenvalue weighted by Crippen LogP contribution is 2.23. The molecule has 0 bridgehead atoms. The molecule has 10 nitrogen and oxygen atoms in total. The van der Waals surface area contributed by atoms with E-state index in [9.17, 15) is 23.7 Å². The normalized spacial score (nSPS) is 15.2. The van der Waals surface area contributed by atoms with E-state index in [1.807, 2.05) is 19.9 Å². The number of benzene rings is 2. The molecule has 0 aliphatic carbocycles. The molecule has 0 unspecified atom stereocenters. The molecule has 2 aromatic carbocycles. The molecular formula is C19H25N3O7S.